The number of ether oxygens (including phenoxy) is 1. The van der Waals surface area contributed by atoms with E-state index in [0.717, 1.165) is 5.39 Å². The first kappa shape index (κ1) is 10.4. The van der Waals surface area contributed by atoms with E-state index < -0.39 is 6.09 Å². The average molecular weight is 217 g/mol. The van der Waals surface area contributed by atoms with Gasteiger partial charge in [-0.1, -0.05) is 12.1 Å². The third kappa shape index (κ3) is 1.93. The molecule has 0 aliphatic carbocycles. The quantitative estimate of drug-likeness (QED) is 0.729. The minimum Gasteiger partial charge on any atom is -0.408 e. The topological polar surface area (TPSA) is 55.3 Å². The van der Waals surface area contributed by atoms with Crippen LogP contribution in [0.15, 0.2) is 30.7 Å². The molecule has 5 nitrogen and oxygen atoms in total. The highest BCUT2D eigenvalue weighted by Gasteiger charge is 2.10. The van der Waals surface area contributed by atoms with E-state index in [1.54, 1.807) is 32.4 Å². The Balaban J connectivity index is 2.41. The highest BCUT2D eigenvalue weighted by atomic mass is 16.6. The molecule has 1 amide bonds. The molecule has 0 aliphatic heterocycles. The van der Waals surface area contributed by atoms with Gasteiger partial charge in [-0.2, -0.15) is 0 Å². The zero-order chi connectivity index (χ0) is 11.5. The van der Waals surface area contributed by atoms with Gasteiger partial charge in [-0.05, 0) is 6.07 Å². The second kappa shape index (κ2) is 4.14. The highest BCUT2D eigenvalue weighted by molar-refractivity contribution is 5.86. The summed E-state index contributed by atoms with van der Waals surface area (Å²) in [7, 11) is 3.25. The summed E-state index contributed by atoms with van der Waals surface area (Å²) in [6.07, 6.45) is 2.68. The minimum atomic E-state index is -0.425. The largest absolute Gasteiger partial charge is 0.414 e. The second-order valence-corrected chi connectivity index (χ2v) is 3.48. The maximum atomic E-state index is 11.4. The molecule has 2 aromatic rings. The van der Waals surface area contributed by atoms with Crippen molar-refractivity contribution >= 4 is 17.0 Å². The molecule has 0 spiro atoms. The number of benzene rings is 1. The summed E-state index contributed by atoms with van der Waals surface area (Å²) < 4.78 is 5.19. The van der Waals surface area contributed by atoms with Crippen molar-refractivity contribution in [2.24, 2.45) is 0 Å². The van der Waals surface area contributed by atoms with Gasteiger partial charge in [-0.25, -0.2) is 14.8 Å². The zero-order valence-electron chi connectivity index (χ0n) is 9.04. The molecule has 5 heteroatoms. The Labute approximate surface area is 92.7 Å². The van der Waals surface area contributed by atoms with Gasteiger partial charge in [0.25, 0.3) is 0 Å². The molecule has 0 saturated heterocycles. The normalized spacial score (nSPS) is 10.1. The fourth-order valence-electron chi connectivity index (χ4n) is 1.25. The molecule has 1 aromatic heterocycles. The van der Waals surface area contributed by atoms with Gasteiger partial charge in [0.2, 0.25) is 0 Å². The van der Waals surface area contributed by atoms with E-state index >= 15 is 0 Å². The molecule has 2 rings (SSSR count). The van der Waals surface area contributed by atoms with Crippen LogP contribution in [0, 0.1) is 0 Å². The second-order valence-electron chi connectivity index (χ2n) is 3.48. The van der Waals surface area contributed by atoms with E-state index in [9.17, 15) is 4.79 Å². The van der Waals surface area contributed by atoms with E-state index in [2.05, 4.69) is 9.97 Å². The predicted octanol–water partition coefficient (Wildman–Crippen LogP) is 1.69. The molecular weight excluding hydrogens is 206 g/mol. The van der Waals surface area contributed by atoms with Crippen LogP contribution in [-0.4, -0.2) is 35.1 Å². The van der Waals surface area contributed by atoms with E-state index in [1.807, 2.05) is 6.07 Å². The van der Waals surface area contributed by atoms with Crippen LogP contribution in [0.3, 0.4) is 0 Å². The van der Waals surface area contributed by atoms with E-state index in [4.69, 9.17) is 4.74 Å². The number of nitrogens with zero attached hydrogens (tertiary/aromatic N) is 3. The molecule has 0 N–H and O–H groups in total. The summed E-state index contributed by atoms with van der Waals surface area (Å²) in [4.78, 5) is 20.8. The van der Waals surface area contributed by atoms with Gasteiger partial charge in [-0.3, -0.25) is 0 Å². The Morgan fingerprint density at radius 2 is 2.19 bits per heavy atom. The number of para-hydroxylation sites is 1. The molecule has 16 heavy (non-hydrogen) atoms. The molecule has 0 atom stereocenters. The molecule has 0 aliphatic rings. The average Bonchev–Trinajstić information content (AvgIpc) is 2.29. The zero-order valence-corrected chi connectivity index (χ0v) is 9.04. The van der Waals surface area contributed by atoms with Crippen molar-refractivity contribution in [3.8, 4) is 5.75 Å². The van der Waals surface area contributed by atoms with Crippen molar-refractivity contribution in [3.63, 3.8) is 0 Å². The van der Waals surface area contributed by atoms with Crippen LogP contribution in [-0.2, 0) is 0 Å². The summed E-state index contributed by atoms with van der Waals surface area (Å²) in [5.74, 6) is 0.443. The summed E-state index contributed by atoms with van der Waals surface area (Å²) in [5, 5.41) is 0.839. The van der Waals surface area contributed by atoms with E-state index in [0.29, 0.717) is 11.3 Å². The number of hydrogen-bond acceptors (Lipinski definition) is 4. The van der Waals surface area contributed by atoms with Gasteiger partial charge in [-0.15, -0.1) is 0 Å². The van der Waals surface area contributed by atoms with Crippen molar-refractivity contribution in [2.75, 3.05) is 14.1 Å². The van der Waals surface area contributed by atoms with Crippen LogP contribution in [0.4, 0.5) is 4.79 Å². The first-order valence-electron chi connectivity index (χ1n) is 4.76. The summed E-state index contributed by atoms with van der Waals surface area (Å²) in [6.45, 7) is 0. The van der Waals surface area contributed by atoms with Crippen molar-refractivity contribution < 1.29 is 9.53 Å². The lowest BCUT2D eigenvalue weighted by molar-refractivity contribution is 0.172. The van der Waals surface area contributed by atoms with Crippen LogP contribution in [0.25, 0.3) is 10.9 Å². The Bertz CT molecular complexity index is 520. The number of rotatable bonds is 1. The first-order valence-corrected chi connectivity index (χ1v) is 4.76. The summed E-state index contributed by atoms with van der Waals surface area (Å²) >= 11 is 0. The van der Waals surface area contributed by atoms with Gasteiger partial charge in [0.15, 0.2) is 5.75 Å². The van der Waals surface area contributed by atoms with Gasteiger partial charge in [0, 0.05) is 25.7 Å². The fourth-order valence-corrected chi connectivity index (χ4v) is 1.25. The third-order valence-corrected chi connectivity index (χ3v) is 2.06. The lowest BCUT2D eigenvalue weighted by atomic mass is 10.2. The third-order valence-electron chi connectivity index (χ3n) is 2.06. The maximum Gasteiger partial charge on any atom is 0.414 e. The van der Waals surface area contributed by atoms with Crippen LogP contribution in [0.5, 0.6) is 5.75 Å². The van der Waals surface area contributed by atoms with E-state index in [1.165, 1.54) is 11.2 Å². The highest BCUT2D eigenvalue weighted by Crippen LogP contribution is 2.22. The first-order chi connectivity index (χ1) is 7.68. The molecular formula is C11H11N3O2. The van der Waals surface area contributed by atoms with Gasteiger partial charge < -0.3 is 9.64 Å². The molecule has 1 heterocycles. The van der Waals surface area contributed by atoms with Crippen molar-refractivity contribution in [2.45, 2.75) is 0 Å². The lowest BCUT2D eigenvalue weighted by Crippen LogP contribution is -2.25. The minimum absolute atomic E-state index is 0.425. The Morgan fingerprint density at radius 1 is 1.38 bits per heavy atom. The Morgan fingerprint density at radius 3 is 2.94 bits per heavy atom. The smallest absolute Gasteiger partial charge is 0.408 e. The number of carbonyl (C=O) groups is 1. The lowest BCUT2D eigenvalue weighted by Gasteiger charge is -2.11. The molecule has 0 saturated carbocycles. The maximum absolute atomic E-state index is 11.4. The van der Waals surface area contributed by atoms with Crippen LogP contribution >= 0.6 is 0 Å². The Hall–Kier alpha value is -2.17. The van der Waals surface area contributed by atoms with Crippen molar-refractivity contribution in [1.82, 2.24) is 14.9 Å². The number of fused-ring (bicyclic) bond motifs is 1. The fraction of sp³-hybridized carbons (Fsp3) is 0.182. The SMILES string of the molecule is CN(C)C(=O)Oc1cccc2cncnc12. The van der Waals surface area contributed by atoms with Crippen molar-refractivity contribution in [3.05, 3.63) is 30.7 Å². The van der Waals surface area contributed by atoms with Gasteiger partial charge in [0.05, 0.1) is 0 Å². The van der Waals surface area contributed by atoms with Crippen molar-refractivity contribution in [1.29, 1.82) is 0 Å². The van der Waals surface area contributed by atoms with Crippen LogP contribution in [0.1, 0.15) is 0 Å². The molecule has 0 fully saturated rings. The molecule has 0 radical (unpaired) electrons. The molecule has 0 unspecified atom stereocenters. The predicted molar refractivity (Wildman–Crippen MR) is 59.2 cm³/mol. The molecule has 1 aromatic carbocycles. The van der Waals surface area contributed by atoms with E-state index in [-0.39, 0.29) is 0 Å². The molecule has 0 bridgehead atoms. The Kier molecular flexibility index (Phi) is 2.68. The summed E-state index contributed by atoms with van der Waals surface area (Å²) in [6, 6.07) is 5.36. The standard InChI is InChI=1S/C11H11N3O2/c1-14(2)11(15)16-9-5-3-4-8-6-12-7-13-10(8)9/h3-7H,1-2H3. The van der Waals surface area contributed by atoms with Gasteiger partial charge >= 0.3 is 6.09 Å². The number of carbonyl (C=O) groups excluding carboxylic acids is 1. The summed E-state index contributed by atoms with van der Waals surface area (Å²) in [5.41, 5.74) is 0.632. The number of aromatic nitrogens is 2. The van der Waals surface area contributed by atoms with Crippen LogP contribution in [0.2, 0.25) is 0 Å². The number of amides is 1. The van der Waals surface area contributed by atoms with Crippen LogP contribution < -0.4 is 4.74 Å². The number of hydrogen-bond donors (Lipinski definition) is 0. The van der Waals surface area contributed by atoms with Gasteiger partial charge in [0.1, 0.15) is 11.8 Å². The monoisotopic (exact) mass is 217 g/mol. The molecule has 82 valence electrons.